The fourth-order valence-electron chi connectivity index (χ4n) is 1.99. The van der Waals surface area contributed by atoms with Gasteiger partial charge in [0.25, 0.3) is 5.91 Å². The van der Waals surface area contributed by atoms with Crippen LogP contribution in [0.5, 0.6) is 5.75 Å². The van der Waals surface area contributed by atoms with Crippen LogP contribution in [0.25, 0.3) is 0 Å². The molecule has 0 saturated carbocycles. The highest BCUT2D eigenvalue weighted by Gasteiger charge is 2.31. The van der Waals surface area contributed by atoms with Gasteiger partial charge in [0.1, 0.15) is 5.75 Å². The maximum atomic E-state index is 12.1. The number of halogens is 2. The van der Waals surface area contributed by atoms with Gasteiger partial charge in [-0.15, -0.1) is 12.4 Å². The van der Waals surface area contributed by atoms with Gasteiger partial charge in [-0.1, -0.05) is 11.6 Å². The molecule has 6 heteroatoms. The number of fused-ring (bicyclic) bond motifs is 1. The summed E-state index contributed by atoms with van der Waals surface area (Å²) in [6.45, 7) is 1.44. The first kappa shape index (κ1) is 16.1. The largest absolute Gasteiger partial charge is 0.480 e. The summed E-state index contributed by atoms with van der Waals surface area (Å²) in [6.07, 6.45) is 0.179. The fourth-order valence-corrected chi connectivity index (χ4v) is 2.19. The molecule has 0 bridgehead atoms. The molecule has 106 valence electrons. The lowest BCUT2D eigenvalue weighted by atomic mass is 10.1. The Morgan fingerprint density at radius 1 is 1.58 bits per heavy atom. The van der Waals surface area contributed by atoms with E-state index in [9.17, 15) is 4.79 Å². The molecule has 0 spiro atoms. The minimum Gasteiger partial charge on any atom is -0.480 e. The van der Waals surface area contributed by atoms with E-state index in [0.717, 1.165) is 17.9 Å². The van der Waals surface area contributed by atoms with Gasteiger partial charge in [-0.3, -0.25) is 4.79 Å². The van der Waals surface area contributed by atoms with Crippen molar-refractivity contribution in [2.24, 2.45) is 0 Å². The van der Waals surface area contributed by atoms with Gasteiger partial charge >= 0.3 is 0 Å². The first-order valence-electron chi connectivity index (χ1n) is 5.96. The lowest BCUT2D eigenvalue weighted by Crippen LogP contribution is -2.41. The number of ether oxygens (including phenoxy) is 1. The topological polar surface area (TPSA) is 41.6 Å². The second kappa shape index (κ2) is 6.98. The Bertz CT molecular complexity index is 454. The summed E-state index contributed by atoms with van der Waals surface area (Å²) < 4.78 is 5.65. The molecule has 4 nitrogen and oxygen atoms in total. The molecule has 1 unspecified atom stereocenters. The van der Waals surface area contributed by atoms with Crippen molar-refractivity contribution in [3.63, 3.8) is 0 Å². The number of benzene rings is 1. The average Bonchev–Trinajstić information content (AvgIpc) is 2.77. The molecule has 1 heterocycles. The maximum Gasteiger partial charge on any atom is 0.263 e. The Morgan fingerprint density at radius 2 is 2.32 bits per heavy atom. The molecule has 0 saturated heterocycles. The standard InChI is InChI=1S/C13H17ClN2O2.ClH/c1-15-5-6-16(2)13(17)12-8-9-7-10(14)3-4-11(9)18-12;/h3-4,7,12,15H,5-6,8H2,1-2H3;1H. The van der Waals surface area contributed by atoms with Gasteiger partial charge in [0.15, 0.2) is 6.10 Å². The van der Waals surface area contributed by atoms with E-state index in [-0.39, 0.29) is 18.3 Å². The van der Waals surface area contributed by atoms with Crippen molar-refractivity contribution in [1.82, 2.24) is 10.2 Å². The van der Waals surface area contributed by atoms with Crippen LogP contribution in [0.2, 0.25) is 5.02 Å². The third-order valence-electron chi connectivity index (χ3n) is 3.05. The van der Waals surface area contributed by atoms with Crippen molar-refractivity contribution in [2.45, 2.75) is 12.5 Å². The Hall–Kier alpha value is -0.970. The van der Waals surface area contributed by atoms with Crippen molar-refractivity contribution < 1.29 is 9.53 Å². The second-order valence-electron chi connectivity index (χ2n) is 4.43. The van der Waals surface area contributed by atoms with E-state index in [1.807, 2.05) is 19.2 Å². The van der Waals surface area contributed by atoms with Crippen LogP contribution in [0.15, 0.2) is 18.2 Å². The predicted octanol–water partition coefficient (Wildman–Crippen LogP) is 1.74. The van der Waals surface area contributed by atoms with Crippen molar-refractivity contribution in [3.05, 3.63) is 28.8 Å². The molecular weight excluding hydrogens is 287 g/mol. The minimum absolute atomic E-state index is 0. The van der Waals surface area contributed by atoms with Crippen LogP contribution in [-0.2, 0) is 11.2 Å². The van der Waals surface area contributed by atoms with Gasteiger partial charge in [0.05, 0.1) is 0 Å². The van der Waals surface area contributed by atoms with E-state index in [0.29, 0.717) is 18.0 Å². The molecule has 1 aromatic carbocycles. The van der Waals surface area contributed by atoms with E-state index < -0.39 is 6.10 Å². The van der Waals surface area contributed by atoms with Gasteiger partial charge in [-0.25, -0.2) is 0 Å². The van der Waals surface area contributed by atoms with E-state index in [1.54, 1.807) is 18.0 Å². The van der Waals surface area contributed by atoms with E-state index >= 15 is 0 Å². The third-order valence-corrected chi connectivity index (χ3v) is 3.28. The fraction of sp³-hybridized carbons (Fsp3) is 0.462. The molecule has 1 atom stereocenters. The molecule has 0 aromatic heterocycles. The molecule has 1 aliphatic rings. The molecule has 2 rings (SSSR count). The van der Waals surface area contributed by atoms with Crippen molar-refractivity contribution in [2.75, 3.05) is 27.2 Å². The minimum atomic E-state index is -0.416. The van der Waals surface area contributed by atoms with Crippen LogP contribution in [-0.4, -0.2) is 44.1 Å². The Kier molecular flexibility index (Phi) is 5.91. The third kappa shape index (κ3) is 3.75. The van der Waals surface area contributed by atoms with Crippen molar-refractivity contribution in [1.29, 1.82) is 0 Å². The van der Waals surface area contributed by atoms with Crippen LogP contribution < -0.4 is 10.1 Å². The molecule has 0 aliphatic carbocycles. The van der Waals surface area contributed by atoms with E-state index in [2.05, 4.69) is 5.32 Å². The van der Waals surface area contributed by atoms with Gasteiger partial charge in [-0.2, -0.15) is 0 Å². The van der Waals surface area contributed by atoms with Gasteiger partial charge < -0.3 is 15.0 Å². The quantitative estimate of drug-likeness (QED) is 0.921. The molecule has 19 heavy (non-hydrogen) atoms. The number of likely N-dealkylation sites (N-methyl/N-ethyl adjacent to an activating group) is 2. The number of amides is 1. The number of carbonyl (C=O) groups excluding carboxylic acids is 1. The highest BCUT2D eigenvalue weighted by Crippen LogP contribution is 2.31. The van der Waals surface area contributed by atoms with Crippen LogP contribution in [0.4, 0.5) is 0 Å². The number of carbonyl (C=O) groups is 1. The maximum absolute atomic E-state index is 12.1. The molecule has 1 amide bonds. The predicted molar refractivity (Wildman–Crippen MR) is 78.4 cm³/mol. The normalized spacial score (nSPS) is 16.3. The zero-order chi connectivity index (χ0) is 13.1. The van der Waals surface area contributed by atoms with Crippen LogP contribution >= 0.6 is 24.0 Å². The monoisotopic (exact) mass is 304 g/mol. The number of nitrogens with one attached hydrogen (secondary N) is 1. The summed E-state index contributed by atoms with van der Waals surface area (Å²) in [5.74, 6) is 0.775. The van der Waals surface area contributed by atoms with Crippen LogP contribution in [0, 0.1) is 0 Å². The van der Waals surface area contributed by atoms with E-state index in [1.165, 1.54) is 0 Å². The lowest BCUT2D eigenvalue weighted by Gasteiger charge is -2.20. The summed E-state index contributed by atoms with van der Waals surface area (Å²) in [5, 5.41) is 3.69. The molecule has 0 radical (unpaired) electrons. The molecule has 1 aromatic rings. The lowest BCUT2D eigenvalue weighted by molar-refractivity contribution is -0.136. The summed E-state index contributed by atoms with van der Waals surface area (Å²) in [6, 6.07) is 5.45. The number of hydrogen-bond acceptors (Lipinski definition) is 3. The Morgan fingerprint density at radius 3 is 3.00 bits per heavy atom. The first-order valence-corrected chi connectivity index (χ1v) is 6.34. The summed E-state index contributed by atoms with van der Waals surface area (Å²) in [5.41, 5.74) is 1.00. The number of nitrogens with zero attached hydrogens (tertiary/aromatic N) is 1. The van der Waals surface area contributed by atoms with Crippen molar-refractivity contribution >= 4 is 29.9 Å². The summed E-state index contributed by atoms with van der Waals surface area (Å²) in [4.78, 5) is 13.8. The van der Waals surface area contributed by atoms with Gasteiger partial charge in [-0.05, 0) is 30.8 Å². The zero-order valence-electron chi connectivity index (χ0n) is 11.0. The number of hydrogen-bond donors (Lipinski definition) is 1. The highest BCUT2D eigenvalue weighted by molar-refractivity contribution is 6.30. The second-order valence-corrected chi connectivity index (χ2v) is 4.86. The number of rotatable bonds is 4. The Labute approximate surface area is 124 Å². The van der Waals surface area contributed by atoms with Gasteiger partial charge in [0.2, 0.25) is 0 Å². The van der Waals surface area contributed by atoms with Gasteiger partial charge in [0, 0.05) is 31.6 Å². The molecule has 1 aliphatic heterocycles. The smallest absolute Gasteiger partial charge is 0.263 e. The summed E-state index contributed by atoms with van der Waals surface area (Å²) >= 11 is 5.92. The Balaban J connectivity index is 0.00000180. The first-order chi connectivity index (χ1) is 8.61. The van der Waals surface area contributed by atoms with Crippen LogP contribution in [0.1, 0.15) is 5.56 Å². The zero-order valence-corrected chi connectivity index (χ0v) is 12.6. The summed E-state index contributed by atoms with van der Waals surface area (Å²) in [7, 11) is 3.65. The average molecular weight is 305 g/mol. The van der Waals surface area contributed by atoms with Crippen LogP contribution in [0.3, 0.4) is 0 Å². The highest BCUT2D eigenvalue weighted by atomic mass is 35.5. The van der Waals surface area contributed by atoms with Crippen molar-refractivity contribution in [3.8, 4) is 5.75 Å². The molecule has 0 fully saturated rings. The molecule has 1 N–H and O–H groups in total. The van der Waals surface area contributed by atoms with E-state index in [4.69, 9.17) is 16.3 Å². The SMILES string of the molecule is CNCCN(C)C(=O)C1Cc2cc(Cl)ccc2O1.Cl. The molecular formula is C13H18Cl2N2O2.